The molecule has 0 unspecified atom stereocenters. The molecule has 0 saturated carbocycles. The quantitative estimate of drug-likeness (QED) is 0.386. The van der Waals surface area contributed by atoms with E-state index in [9.17, 15) is 9.59 Å². The Labute approximate surface area is 116 Å². The number of esters is 2. The first-order valence-corrected chi connectivity index (χ1v) is 6.81. The van der Waals surface area contributed by atoms with Gasteiger partial charge in [0.25, 0.3) is 0 Å². The molecule has 0 saturated heterocycles. The number of carbonyl (C=O) groups is 2. The van der Waals surface area contributed by atoms with Crippen LogP contribution < -0.4 is 0 Å². The van der Waals surface area contributed by atoms with E-state index in [-0.39, 0.29) is 19.1 Å². The second-order valence-electron chi connectivity index (χ2n) is 5.02. The van der Waals surface area contributed by atoms with Crippen LogP contribution in [0.25, 0.3) is 0 Å². The number of hydrogen-bond acceptors (Lipinski definition) is 4. The fourth-order valence-electron chi connectivity index (χ4n) is 1.98. The van der Waals surface area contributed by atoms with Gasteiger partial charge in [0.2, 0.25) is 0 Å². The Kier molecular flexibility index (Phi) is 7.42. The molecule has 0 rings (SSSR count). The van der Waals surface area contributed by atoms with E-state index >= 15 is 0 Å². The number of allylic oxidation sites excluding steroid dienone is 1. The Hall–Kier alpha value is -1.32. The summed E-state index contributed by atoms with van der Waals surface area (Å²) in [6.45, 7) is 13.3. The van der Waals surface area contributed by atoms with Gasteiger partial charge < -0.3 is 9.47 Å². The lowest BCUT2D eigenvalue weighted by molar-refractivity contribution is -0.176. The predicted octanol–water partition coefficient (Wildman–Crippen LogP) is 3.11. The highest BCUT2D eigenvalue weighted by Gasteiger charge is 2.50. The minimum absolute atomic E-state index is 0.190. The molecule has 19 heavy (non-hydrogen) atoms. The van der Waals surface area contributed by atoms with Crippen LogP contribution in [0, 0.1) is 11.3 Å². The summed E-state index contributed by atoms with van der Waals surface area (Å²) in [5, 5.41) is 0. The Balaban J connectivity index is 5.39. The first-order valence-electron chi connectivity index (χ1n) is 6.81. The molecular formula is C15H26O4. The number of ether oxygens (including phenoxy) is 2. The first kappa shape index (κ1) is 17.7. The summed E-state index contributed by atoms with van der Waals surface area (Å²) in [5.41, 5.74) is -0.302. The third-order valence-corrected chi connectivity index (χ3v) is 3.21. The number of carbonyl (C=O) groups excluding carboxylic acids is 2. The van der Waals surface area contributed by atoms with Crippen molar-refractivity contribution in [1.29, 1.82) is 0 Å². The van der Waals surface area contributed by atoms with Crippen molar-refractivity contribution >= 4 is 11.9 Å². The van der Waals surface area contributed by atoms with Gasteiger partial charge in [-0.2, -0.15) is 0 Å². The van der Waals surface area contributed by atoms with E-state index in [0.717, 1.165) is 5.57 Å². The molecule has 4 heteroatoms. The molecule has 0 radical (unpaired) electrons. The lowest BCUT2D eigenvalue weighted by Gasteiger charge is -2.32. The minimum Gasteiger partial charge on any atom is -0.465 e. The van der Waals surface area contributed by atoms with Gasteiger partial charge in [0.15, 0.2) is 5.41 Å². The van der Waals surface area contributed by atoms with Crippen LogP contribution >= 0.6 is 0 Å². The summed E-state index contributed by atoms with van der Waals surface area (Å²) in [6, 6.07) is 0. The molecule has 0 aromatic rings. The molecule has 0 aliphatic heterocycles. The SMILES string of the molecule is C=C(C)CCC(C(=O)OCC)(C(=O)OCC)C(C)C. The summed E-state index contributed by atoms with van der Waals surface area (Å²) >= 11 is 0. The lowest BCUT2D eigenvalue weighted by Crippen LogP contribution is -2.46. The smallest absolute Gasteiger partial charge is 0.323 e. The highest BCUT2D eigenvalue weighted by atomic mass is 16.6. The Morgan fingerprint density at radius 3 is 1.79 bits per heavy atom. The Bertz CT molecular complexity index is 313. The zero-order chi connectivity index (χ0) is 15.1. The van der Waals surface area contributed by atoms with Crippen LogP contribution in [0.1, 0.15) is 47.5 Å². The molecular weight excluding hydrogens is 244 g/mol. The van der Waals surface area contributed by atoms with E-state index in [1.54, 1.807) is 13.8 Å². The van der Waals surface area contributed by atoms with Gasteiger partial charge in [-0.05, 0) is 39.5 Å². The molecule has 0 aliphatic rings. The average molecular weight is 270 g/mol. The topological polar surface area (TPSA) is 52.6 Å². The molecule has 0 fully saturated rings. The second kappa shape index (κ2) is 7.97. The second-order valence-corrected chi connectivity index (χ2v) is 5.02. The maximum absolute atomic E-state index is 12.3. The van der Waals surface area contributed by atoms with Crippen LogP contribution in [0.4, 0.5) is 0 Å². The first-order chi connectivity index (χ1) is 8.82. The van der Waals surface area contributed by atoms with Crippen molar-refractivity contribution in [3.8, 4) is 0 Å². The van der Waals surface area contributed by atoms with E-state index in [1.165, 1.54) is 0 Å². The van der Waals surface area contributed by atoms with Crippen LogP contribution in [-0.4, -0.2) is 25.2 Å². The van der Waals surface area contributed by atoms with E-state index in [0.29, 0.717) is 12.8 Å². The number of rotatable bonds is 8. The largest absolute Gasteiger partial charge is 0.465 e. The van der Waals surface area contributed by atoms with Gasteiger partial charge in [-0.25, -0.2) is 0 Å². The van der Waals surface area contributed by atoms with Gasteiger partial charge in [-0.1, -0.05) is 19.4 Å². The van der Waals surface area contributed by atoms with Crippen LogP contribution in [0.3, 0.4) is 0 Å². The predicted molar refractivity (Wildman–Crippen MR) is 74.6 cm³/mol. The summed E-state index contributed by atoms with van der Waals surface area (Å²) in [7, 11) is 0. The fourth-order valence-corrected chi connectivity index (χ4v) is 1.98. The van der Waals surface area contributed by atoms with Crippen LogP contribution in [0.15, 0.2) is 12.2 Å². The van der Waals surface area contributed by atoms with E-state index in [4.69, 9.17) is 9.47 Å². The van der Waals surface area contributed by atoms with Crippen LogP contribution in [0.5, 0.6) is 0 Å². The maximum atomic E-state index is 12.3. The molecule has 0 heterocycles. The van der Waals surface area contributed by atoms with Gasteiger partial charge in [0.05, 0.1) is 13.2 Å². The third kappa shape index (κ3) is 4.37. The standard InChI is InChI=1S/C15H26O4/c1-7-18-13(16)15(12(5)6,10-9-11(3)4)14(17)19-8-2/h12H,3,7-10H2,1-2,4-6H3. The zero-order valence-electron chi connectivity index (χ0n) is 12.7. The van der Waals surface area contributed by atoms with Crippen molar-refractivity contribution in [2.24, 2.45) is 11.3 Å². The highest BCUT2D eigenvalue weighted by molar-refractivity contribution is 6.00. The van der Waals surface area contributed by atoms with Gasteiger partial charge in [0.1, 0.15) is 0 Å². The van der Waals surface area contributed by atoms with E-state index in [2.05, 4.69) is 6.58 Å². The van der Waals surface area contributed by atoms with Gasteiger partial charge in [0, 0.05) is 0 Å². The van der Waals surface area contributed by atoms with Gasteiger partial charge in [-0.3, -0.25) is 9.59 Å². The fraction of sp³-hybridized carbons (Fsp3) is 0.733. The van der Waals surface area contributed by atoms with Crippen molar-refractivity contribution in [3.05, 3.63) is 12.2 Å². The van der Waals surface area contributed by atoms with Crippen molar-refractivity contribution in [2.75, 3.05) is 13.2 Å². The summed E-state index contributed by atoms with van der Waals surface area (Å²) in [4.78, 5) is 24.6. The van der Waals surface area contributed by atoms with Crippen LogP contribution in [-0.2, 0) is 19.1 Å². The molecule has 0 atom stereocenters. The highest BCUT2D eigenvalue weighted by Crippen LogP contribution is 2.37. The van der Waals surface area contributed by atoms with Crippen molar-refractivity contribution < 1.29 is 19.1 Å². The van der Waals surface area contributed by atoms with Gasteiger partial charge in [-0.15, -0.1) is 6.58 Å². The van der Waals surface area contributed by atoms with Crippen molar-refractivity contribution in [1.82, 2.24) is 0 Å². The molecule has 0 N–H and O–H groups in total. The van der Waals surface area contributed by atoms with Crippen molar-refractivity contribution in [2.45, 2.75) is 47.5 Å². The Morgan fingerprint density at radius 2 is 1.53 bits per heavy atom. The molecule has 0 aliphatic carbocycles. The lowest BCUT2D eigenvalue weighted by atomic mass is 9.73. The molecule has 0 aromatic heterocycles. The molecule has 0 aromatic carbocycles. The zero-order valence-corrected chi connectivity index (χ0v) is 12.7. The van der Waals surface area contributed by atoms with Crippen molar-refractivity contribution in [3.63, 3.8) is 0 Å². The van der Waals surface area contributed by atoms with E-state index < -0.39 is 17.4 Å². The average Bonchev–Trinajstić information content (AvgIpc) is 2.29. The normalized spacial score (nSPS) is 11.3. The maximum Gasteiger partial charge on any atom is 0.323 e. The summed E-state index contributed by atoms with van der Waals surface area (Å²) in [5.74, 6) is -1.18. The van der Waals surface area contributed by atoms with Gasteiger partial charge >= 0.3 is 11.9 Å². The Morgan fingerprint density at radius 1 is 1.11 bits per heavy atom. The van der Waals surface area contributed by atoms with Crippen LogP contribution in [0.2, 0.25) is 0 Å². The monoisotopic (exact) mass is 270 g/mol. The molecule has 0 spiro atoms. The molecule has 0 bridgehead atoms. The molecule has 4 nitrogen and oxygen atoms in total. The third-order valence-electron chi connectivity index (χ3n) is 3.21. The minimum atomic E-state index is -1.23. The molecule has 110 valence electrons. The molecule has 0 amide bonds. The summed E-state index contributed by atoms with van der Waals surface area (Å²) < 4.78 is 10.2. The summed E-state index contributed by atoms with van der Waals surface area (Å²) in [6.07, 6.45) is 0.966. The van der Waals surface area contributed by atoms with E-state index in [1.807, 2.05) is 20.8 Å². The number of hydrogen-bond donors (Lipinski definition) is 0.